The molecule has 1 aromatic rings. The molecule has 6 nitrogen and oxygen atoms in total. The fourth-order valence-corrected chi connectivity index (χ4v) is 2.68. The predicted octanol–water partition coefficient (Wildman–Crippen LogP) is 0.850. The molecule has 0 spiro atoms. The van der Waals surface area contributed by atoms with Crippen molar-refractivity contribution in [2.75, 3.05) is 53.9 Å². The average molecular weight is 319 g/mol. The second-order valence-electron chi connectivity index (χ2n) is 6.01. The molecule has 0 radical (unpaired) electrons. The van der Waals surface area contributed by atoms with Crippen LogP contribution in [0.25, 0.3) is 0 Å². The van der Waals surface area contributed by atoms with Crippen molar-refractivity contribution in [3.05, 3.63) is 29.3 Å². The maximum Gasteiger partial charge on any atom is 0.257 e. The molecule has 0 aromatic heterocycles. The van der Waals surface area contributed by atoms with Gasteiger partial charge in [0.15, 0.2) is 0 Å². The third-order valence-electron chi connectivity index (χ3n) is 4.19. The van der Waals surface area contributed by atoms with Gasteiger partial charge in [-0.25, -0.2) is 0 Å². The van der Waals surface area contributed by atoms with Gasteiger partial charge in [-0.15, -0.1) is 0 Å². The van der Waals surface area contributed by atoms with Crippen molar-refractivity contribution in [2.45, 2.75) is 6.92 Å². The minimum absolute atomic E-state index is 0.00136. The Morgan fingerprint density at radius 2 is 1.83 bits per heavy atom. The van der Waals surface area contributed by atoms with Crippen LogP contribution in [0.15, 0.2) is 18.2 Å². The van der Waals surface area contributed by atoms with Crippen molar-refractivity contribution in [1.29, 1.82) is 0 Å². The largest absolute Gasteiger partial charge is 0.496 e. The number of likely N-dealkylation sites (N-methyl/N-ethyl adjacent to an activating group) is 1. The first kappa shape index (κ1) is 17.3. The van der Waals surface area contributed by atoms with Crippen LogP contribution in [0.5, 0.6) is 5.75 Å². The zero-order valence-corrected chi connectivity index (χ0v) is 14.3. The maximum absolute atomic E-state index is 12.8. The number of hydrogen-bond acceptors (Lipinski definition) is 4. The number of rotatable bonds is 4. The zero-order chi connectivity index (χ0) is 17.0. The van der Waals surface area contributed by atoms with E-state index in [1.165, 1.54) is 0 Å². The van der Waals surface area contributed by atoms with E-state index in [-0.39, 0.29) is 11.8 Å². The molecule has 0 N–H and O–H groups in total. The summed E-state index contributed by atoms with van der Waals surface area (Å²) in [6.07, 6.45) is 0. The highest BCUT2D eigenvalue weighted by molar-refractivity contribution is 5.98. The molecule has 1 heterocycles. The Kier molecular flexibility index (Phi) is 5.60. The minimum Gasteiger partial charge on any atom is -0.496 e. The van der Waals surface area contributed by atoms with E-state index < -0.39 is 0 Å². The molecular formula is C17H25N3O3. The Morgan fingerprint density at radius 1 is 1.17 bits per heavy atom. The summed E-state index contributed by atoms with van der Waals surface area (Å²) >= 11 is 0. The van der Waals surface area contributed by atoms with Gasteiger partial charge in [0.25, 0.3) is 5.91 Å². The molecule has 2 rings (SSSR count). The van der Waals surface area contributed by atoms with E-state index in [1.54, 1.807) is 26.1 Å². The summed E-state index contributed by atoms with van der Waals surface area (Å²) in [5, 5.41) is 0. The van der Waals surface area contributed by atoms with E-state index in [0.717, 1.165) is 5.56 Å². The topological polar surface area (TPSA) is 53.1 Å². The van der Waals surface area contributed by atoms with Gasteiger partial charge in [0.05, 0.1) is 19.2 Å². The molecule has 1 aliphatic heterocycles. The van der Waals surface area contributed by atoms with Crippen LogP contribution in [0.2, 0.25) is 0 Å². The number of carbonyl (C=O) groups excluding carboxylic acids is 2. The first-order valence-corrected chi connectivity index (χ1v) is 7.79. The fourth-order valence-electron chi connectivity index (χ4n) is 2.68. The molecule has 0 unspecified atom stereocenters. The van der Waals surface area contributed by atoms with Crippen molar-refractivity contribution >= 4 is 11.8 Å². The SMILES string of the molecule is COc1cccc(C)c1C(=O)N1CCN(CC(=O)N(C)C)CC1. The number of carbonyl (C=O) groups is 2. The van der Waals surface area contributed by atoms with Crippen LogP contribution in [-0.4, -0.2) is 80.4 Å². The van der Waals surface area contributed by atoms with Gasteiger partial charge in [-0.2, -0.15) is 0 Å². The third-order valence-corrected chi connectivity index (χ3v) is 4.19. The first-order valence-electron chi connectivity index (χ1n) is 7.79. The molecule has 23 heavy (non-hydrogen) atoms. The highest BCUT2D eigenvalue weighted by atomic mass is 16.5. The third kappa shape index (κ3) is 4.01. The smallest absolute Gasteiger partial charge is 0.257 e. The van der Waals surface area contributed by atoms with Gasteiger partial charge in [0.1, 0.15) is 5.75 Å². The standard InChI is InChI=1S/C17H25N3O3/c1-13-6-5-7-14(23-4)16(13)17(22)20-10-8-19(9-11-20)12-15(21)18(2)3/h5-7H,8-12H2,1-4H3. The summed E-state index contributed by atoms with van der Waals surface area (Å²) in [6, 6.07) is 5.61. The Morgan fingerprint density at radius 3 is 2.39 bits per heavy atom. The van der Waals surface area contributed by atoms with Gasteiger partial charge in [-0.3, -0.25) is 14.5 Å². The lowest BCUT2D eigenvalue weighted by Gasteiger charge is -2.35. The van der Waals surface area contributed by atoms with E-state index in [1.807, 2.05) is 30.0 Å². The molecule has 1 saturated heterocycles. The van der Waals surface area contributed by atoms with Gasteiger partial charge in [0.2, 0.25) is 5.91 Å². The number of piperazine rings is 1. The Bertz CT molecular complexity index is 578. The number of methoxy groups -OCH3 is 1. The van der Waals surface area contributed by atoms with Gasteiger partial charge in [-0.05, 0) is 18.6 Å². The van der Waals surface area contributed by atoms with Crippen LogP contribution in [-0.2, 0) is 4.79 Å². The maximum atomic E-state index is 12.8. The van der Waals surface area contributed by atoms with Crippen molar-refractivity contribution in [3.8, 4) is 5.75 Å². The fraction of sp³-hybridized carbons (Fsp3) is 0.529. The number of ether oxygens (including phenoxy) is 1. The second-order valence-corrected chi connectivity index (χ2v) is 6.01. The molecule has 1 fully saturated rings. The number of nitrogens with zero attached hydrogens (tertiary/aromatic N) is 3. The lowest BCUT2D eigenvalue weighted by Crippen LogP contribution is -2.51. The van der Waals surface area contributed by atoms with Crippen LogP contribution in [0.3, 0.4) is 0 Å². The second kappa shape index (κ2) is 7.46. The van der Waals surface area contributed by atoms with Crippen molar-refractivity contribution in [3.63, 3.8) is 0 Å². The minimum atomic E-state index is -0.00136. The number of amides is 2. The monoisotopic (exact) mass is 319 g/mol. The summed E-state index contributed by atoms with van der Waals surface area (Å²) in [6.45, 7) is 4.98. The summed E-state index contributed by atoms with van der Waals surface area (Å²) in [5.74, 6) is 0.698. The number of hydrogen-bond donors (Lipinski definition) is 0. The summed E-state index contributed by atoms with van der Waals surface area (Å²) in [5.41, 5.74) is 1.55. The van der Waals surface area contributed by atoms with E-state index in [9.17, 15) is 9.59 Å². The summed E-state index contributed by atoms with van der Waals surface area (Å²) < 4.78 is 5.33. The number of aryl methyl sites for hydroxylation is 1. The highest BCUT2D eigenvalue weighted by Crippen LogP contribution is 2.24. The first-order chi connectivity index (χ1) is 10.9. The summed E-state index contributed by atoms with van der Waals surface area (Å²) in [4.78, 5) is 30.1. The van der Waals surface area contributed by atoms with E-state index in [0.29, 0.717) is 44.0 Å². The van der Waals surface area contributed by atoms with Crippen molar-refractivity contribution in [2.24, 2.45) is 0 Å². The Labute approximate surface area is 137 Å². The Hall–Kier alpha value is -2.08. The Balaban J connectivity index is 2.01. The molecule has 2 amide bonds. The van der Waals surface area contributed by atoms with Crippen LogP contribution in [0, 0.1) is 6.92 Å². The van der Waals surface area contributed by atoms with Gasteiger partial charge < -0.3 is 14.5 Å². The van der Waals surface area contributed by atoms with Crippen molar-refractivity contribution in [1.82, 2.24) is 14.7 Å². The molecule has 0 aliphatic carbocycles. The normalized spacial score (nSPS) is 15.4. The van der Waals surface area contributed by atoms with Gasteiger partial charge in [0, 0.05) is 40.3 Å². The molecule has 126 valence electrons. The average Bonchev–Trinajstić information content (AvgIpc) is 2.54. The lowest BCUT2D eigenvalue weighted by atomic mass is 10.1. The quantitative estimate of drug-likeness (QED) is 0.826. The highest BCUT2D eigenvalue weighted by Gasteiger charge is 2.26. The summed E-state index contributed by atoms with van der Waals surface area (Å²) in [7, 11) is 5.09. The zero-order valence-electron chi connectivity index (χ0n) is 14.3. The molecule has 1 aromatic carbocycles. The van der Waals surface area contributed by atoms with Crippen LogP contribution < -0.4 is 4.74 Å². The predicted molar refractivity (Wildman–Crippen MR) is 88.8 cm³/mol. The van der Waals surface area contributed by atoms with E-state index in [4.69, 9.17) is 4.74 Å². The number of benzene rings is 1. The molecule has 6 heteroatoms. The van der Waals surface area contributed by atoms with Crippen LogP contribution in [0.1, 0.15) is 15.9 Å². The lowest BCUT2D eigenvalue weighted by molar-refractivity contribution is -0.130. The molecule has 0 atom stereocenters. The van der Waals surface area contributed by atoms with Gasteiger partial charge >= 0.3 is 0 Å². The van der Waals surface area contributed by atoms with Crippen molar-refractivity contribution < 1.29 is 14.3 Å². The molecular weight excluding hydrogens is 294 g/mol. The molecule has 0 bridgehead atoms. The van der Waals surface area contributed by atoms with Crippen LogP contribution in [0.4, 0.5) is 0 Å². The molecule has 1 aliphatic rings. The molecule has 0 saturated carbocycles. The van der Waals surface area contributed by atoms with Gasteiger partial charge in [-0.1, -0.05) is 12.1 Å². The van der Waals surface area contributed by atoms with E-state index >= 15 is 0 Å². The van der Waals surface area contributed by atoms with Crippen LogP contribution >= 0.6 is 0 Å². The van der Waals surface area contributed by atoms with E-state index in [2.05, 4.69) is 4.90 Å².